The number of hydrogen-bond donors (Lipinski definition) is 0. The Bertz CT molecular complexity index is 847. The summed E-state index contributed by atoms with van der Waals surface area (Å²) >= 11 is -2.24. The van der Waals surface area contributed by atoms with E-state index in [-0.39, 0.29) is 0 Å². The molecule has 0 aliphatic carbocycles. The molecule has 0 amide bonds. The van der Waals surface area contributed by atoms with Gasteiger partial charge in [-0.3, -0.25) is 0 Å². The number of rotatable bonds is 15. The van der Waals surface area contributed by atoms with Crippen molar-refractivity contribution in [2.24, 2.45) is 0 Å². The van der Waals surface area contributed by atoms with Crippen LogP contribution >= 0.6 is 7.26 Å². The first-order chi connectivity index (χ1) is 16.7. The zero-order valence-corrected chi connectivity index (χ0v) is 25.2. The third-order valence-electron chi connectivity index (χ3n) is 7.49. The summed E-state index contributed by atoms with van der Waals surface area (Å²) < 4.78 is 5.96. The first kappa shape index (κ1) is 27.2. The van der Waals surface area contributed by atoms with Crippen LogP contribution in [0.4, 0.5) is 0 Å². The van der Waals surface area contributed by atoms with Crippen molar-refractivity contribution in [2.45, 2.75) is 63.7 Å². The summed E-state index contributed by atoms with van der Waals surface area (Å²) in [7, 11) is -1.70. The molecule has 3 aromatic rings. The molecule has 34 heavy (non-hydrogen) atoms. The Balaban J connectivity index is 2.01. The summed E-state index contributed by atoms with van der Waals surface area (Å²) in [5.41, 5.74) is 0. The van der Waals surface area contributed by atoms with Gasteiger partial charge in [-0.05, 0) is 0 Å². The molecule has 0 unspecified atom stereocenters. The van der Waals surface area contributed by atoms with Crippen molar-refractivity contribution < 1.29 is 0 Å². The van der Waals surface area contributed by atoms with Gasteiger partial charge in [0.1, 0.15) is 0 Å². The van der Waals surface area contributed by atoms with Crippen molar-refractivity contribution in [3.8, 4) is 0 Å². The summed E-state index contributed by atoms with van der Waals surface area (Å²) in [5, 5.41) is 4.58. The van der Waals surface area contributed by atoms with Gasteiger partial charge in [0.05, 0.1) is 0 Å². The third-order valence-corrected chi connectivity index (χ3v) is 27.4. The second-order valence-electron chi connectivity index (χ2n) is 9.84. The maximum atomic E-state index is 4.22. The van der Waals surface area contributed by atoms with Gasteiger partial charge in [0.25, 0.3) is 0 Å². The standard InChI is InChI=1S/C21H21P.2C4H9.C3H5.Sn/c1-2-18-22(19-12-6-3-7-13-19,20-14-8-4-9-15-20)21-16-10-5-11-17-21;2*1-3-4-2;1-3-2;/h3-17H,1-2,18H2;2*1,3-4H2,2H3;3H,1-2H2;/q+1;;;;. The molecule has 0 nitrogen and oxygen atoms in total. The van der Waals surface area contributed by atoms with Crippen LogP contribution < -0.4 is 15.9 Å². The van der Waals surface area contributed by atoms with E-state index in [4.69, 9.17) is 0 Å². The molecule has 0 aliphatic rings. The summed E-state index contributed by atoms with van der Waals surface area (Å²) in [6.45, 7) is 8.95. The first-order valence-electron chi connectivity index (χ1n) is 13.4. The molecule has 0 N–H and O–H groups in total. The van der Waals surface area contributed by atoms with Crippen LogP contribution in [0.2, 0.25) is 17.7 Å². The molecule has 180 valence electrons. The SMILES string of the molecule is C=C[CH2][Sn]([CH2]CCC)([CH2]CCC)[CH2]CC[P+](c1ccccc1)(c1ccccc1)c1ccccc1. The van der Waals surface area contributed by atoms with Crippen LogP contribution in [0.25, 0.3) is 0 Å². The van der Waals surface area contributed by atoms with E-state index in [1.165, 1.54) is 63.1 Å². The maximum absolute atomic E-state index is 4.22. The van der Waals surface area contributed by atoms with Crippen LogP contribution in [-0.2, 0) is 0 Å². The molecule has 0 aliphatic heterocycles. The Morgan fingerprint density at radius 3 is 1.35 bits per heavy atom. The van der Waals surface area contributed by atoms with Gasteiger partial charge in [-0.25, -0.2) is 0 Å². The second kappa shape index (κ2) is 14.3. The fraction of sp³-hybridized carbons (Fsp3) is 0.375. The van der Waals surface area contributed by atoms with Crippen LogP contribution in [0.3, 0.4) is 0 Å². The molecule has 0 atom stereocenters. The van der Waals surface area contributed by atoms with Crippen LogP contribution in [-0.4, -0.2) is 24.5 Å². The van der Waals surface area contributed by atoms with Crippen LogP contribution in [0.15, 0.2) is 104 Å². The molecule has 0 fully saturated rings. The van der Waals surface area contributed by atoms with Crippen molar-refractivity contribution in [3.05, 3.63) is 104 Å². The zero-order chi connectivity index (χ0) is 24.1. The Morgan fingerprint density at radius 2 is 1.00 bits per heavy atom. The molecule has 2 heteroatoms. The summed E-state index contributed by atoms with van der Waals surface area (Å²) in [6.07, 6.45) is 10.4. The first-order valence-corrected chi connectivity index (χ1v) is 23.4. The number of unbranched alkanes of at least 4 members (excludes halogenated alkanes) is 2. The fourth-order valence-corrected chi connectivity index (χ4v) is 25.4. The average Bonchev–Trinajstić information content (AvgIpc) is 2.90. The average molecular weight is 578 g/mol. The van der Waals surface area contributed by atoms with Crippen molar-refractivity contribution in [1.82, 2.24) is 0 Å². The van der Waals surface area contributed by atoms with Crippen LogP contribution in [0.5, 0.6) is 0 Å². The minimum atomic E-state index is -2.24. The van der Waals surface area contributed by atoms with Gasteiger partial charge >= 0.3 is 215 Å². The van der Waals surface area contributed by atoms with E-state index in [2.05, 4.69) is 117 Å². The molecule has 3 aromatic carbocycles. The number of benzene rings is 3. The predicted octanol–water partition coefficient (Wildman–Crippen LogP) is 8.61. The Hall–Kier alpha value is -1.37. The van der Waals surface area contributed by atoms with E-state index in [1.54, 1.807) is 8.87 Å². The molecular weight excluding hydrogens is 534 g/mol. The normalized spacial score (nSPS) is 11.9. The van der Waals surface area contributed by atoms with E-state index in [1.807, 2.05) is 0 Å². The van der Waals surface area contributed by atoms with Gasteiger partial charge in [-0.15, -0.1) is 0 Å². The molecule has 0 spiro atoms. The van der Waals surface area contributed by atoms with Gasteiger partial charge in [-0.2, -0.15) is 0 Å². The van der Waals surface area contributed by atoms with E-state index >= 15 is 0 Å². The van der Waals surface area contributed by atoms with Gasteiger partial charge in [0, 0.05) is 0 Å². The molecule has 0 saturated heterocycles. The Kier molecular flexibility index (Phi) is 11.4. The van der Waals surface area contributed by atoms with Gasteiger partial charge in [0.15, 0.2) is 0 Å². The molecular formula is C32H44PSn+. The van der Waals surface area contributed by atoms with Crippen LogP contribution in [0, 0.1) is 0 Å². The molecule has 3 rings (SSSR count). The van der Waals surface area contributed by atoms with Crippen LogP contribution in [0.1, 0.15) is 46.0 Å². The summed E-state index contributed by atoms with van der Waals surface area (Å²) in [5.74, 6) is 0. The predicted molar refractivity (Wildman–Crippen MR) is 160 cm³/mol. The van der Waals surface area contributed by atoms with E-state index in [9.17, 15) is 0 Å². The second-order valence-corrected chi connectivity index (χ2v) is 27.5. The van der Waals surface area contributed by atoms with Crippen molar-refractivity contribution in [1.29, 1.82) is 0 Å². The molecule has 0 radical (unpaired) electrons. The van der Waals surface area contributed by atoms with Gasteiger partial charge in [-0.1, -0.05) is 0 Å². The molecule has 0 aromatic heterocycles. The monoisotopic (exact) mass is 579 g/mol. The van der Waals surface area contributed by atoms with Crippen molar-refractivity contribution in [2.75, 3.05) is 6.16 Å². The van der Waals surface area contributed by atoms with Gasteiger partial charge in [0.2, 0.25) is 0 Å². The Labute approximate surface area is 214 Å². The van der Waals surface area contributed by atoms with Gasteiger partial charge < -0.3 is 0 Å². The molecule has 0 bridgehead atoms. The number of hydrogen-bond acceptors (Lipinski definition) is 0. The third kappa shape index (κ3) is 6.85. The fourth-order valence-electron chi connectivity index (χ4n) is 5.66. The number of allylic oxidation sites excluding steroid dienone is 1. The van der Waals surface area contributed by atoms with Crippen molar-refractivity contribution in [3.63, 3.8) is 0 Å². The molecule has 0 saturated carbocycles. The van der Waals surface area contributed by atoms with Crippen molar-refractivity contribution >= 4 is 41.6 Å². The molecule has 0 heterocycles. The topological polar surface area (TPSA) is 0 Å². The summed E-state index contributed by atoms with van der Waals surface area (Å²) in [6, 6.07) is 34.2. The van der Waals surface area contributed by atoms with E-state index < -0.39 is 25.6 Å². The van der Waals surface area contributed by atoms with E-state index in [0.29, 0.717) is 0 Å². The summed E-state index contributed by atoms with van der Waals surface area (Å²) in [4.78, 5) is 0. The zero-order valence-electron chi connectivity index (χ0n) is 21.5. The quantitative estimate of drug-likeness (QED) is 0.0963. The Morgan fingerprint density at radius 1 is 0.618 bits per heavy atom. The van der Waals surface area contributed by atoms with E-state index in [0.717, 1.165) is 0 Å². The minimum absolute atomic E-state index is 1.28.